The first-order chi connectivity index (χ1) is 7.79. The van der Waals surface area contributed by atoms with Crippen LogP contribution in [0, 0.1) is 0 Å². The molecule has 0 spiro atoms. The Labute approximate surface area is 102 Å². The second kappa shape index (κ2) is 4.98. The van der Waals surface area contributed by atoms with Crippen LogP contribution in [0.3, 0.4) is 0 Å². The van der Waals surface area contributed by atoms with Crippen LogP contribution < -0.4 is 5.73 Å². The summed E-state index contributed by atoms with van der Waals surface area (Å²) in [6.45, 7) is 0.409. The highest BCUT2D eigenvalue weighted by atomic mass is 35.5. The van der Waals surface area contributed by atoms with Crippen molar-refractivity contribution < 1.29 is 18.7 Å². The highest BCUT2D eigenvalue weighted by molar-refractivity contribution is 6.31. The SMILES string of the molecule is CC(F)(F)c1c(Cl)cccc1C(CN)C(=O)O. The molecule has 0 aromatic heterocycles. The zero-order valence-corrected chi connectivity index (χ0v) is 9.84. The summed E-state index contributed by atoms with van der Waals surface area (Å²) in [5.74, 6) is -5.65. The van der Waals surface area contributed by atoms with Gasteiger partial charge in [-0.1, -0.05) is 23.7 Å². The van der Waals surface area contributed by atoms with Crippen LogP contribution in [0.1, 0.15) is 24.0 Å². The minimum Gasteiger partial charge on any atom is -0.481 e. The molecule has 1 rings (SSSR count). The van der Waals surface area contributed by atoms with E-state index in [-0.39, 0.29) is 17.1 Å². The number of alkyl halides is 2. The van der Waals surface area contributed by atoms with Gasteiger partial charge in [-0.05, 0) is 11.6 Å². The van der Waals surface area contributed by atoms with E-state index in [1.165, 1.54) is 18.2 Å². The van der Waals surface area contributed by atoms with E-state index in [1.807, 2.05) is 0 Å². The van der Waals surface area contributed by atoms with Gasteiger partial charge in [-0.15, -0.1) is 0 Å². The van der Waals surface area contributed by atoms with Crippen LogP contribution in [-0.4, -0.2) is 17.6 Å². The molecule has 1 atom stereocenters. The fraction of sp³-hybridized carbons (Fsp3) is 0.364. The molecule has 0 aliphatic rings. The van der Waals surface area contributed by atoms with Crippen molar-refractivity contribution in [2.45, 2.75) is 18.8 Å². The number of carboxylic acids is 1. The van der Waals surface area contributed by atoms with Gasteiger partial charge in [0, 0.05) is 19.0 Å². The molecule has 17 heavy (non-hydrogen) atoms. The first kappa shape index (κ1) is 13.9. The Bertz CT molecular complexity index is 432. The zero-order valence-electron chi connectivity index (χ0n) is 9.08. The minimum atomic E-state index is -3.21. The van der Waals surface area contributed by atoms with E-state index in [2.05, 4.69) is 0 Å². The summed E-state index contributed by atoms with van der Waals surface area (Å²) in [4.78, 5) is 11.0. The van der Waals surface area contributed by atoms with E-state index in [0.29, 0.717) is 6.92 Å². The number of hydrogen-bond acceptors (Lipinski definition) is 2. The summed E-state index contributed by atoms with van der Waals surface area (Å²) >= 11 is 5.71. The van der Waals surface area contributed by atoms with Crippen molar-refractivity contribution in [3.8, 4) is 0 Å². The quantitative estimate of drug-likeness (QED) is 0.878. The summed E-state index contributed by atoms with van der Waals surface area (Å²) in [5, 5.41) is 8.78. The second-order valence-electron chi connectivity index (χ2n) is 3.72. The fourth-order valence-corrected chi connectivity index (χ4v) is 2.00. The van der Waals surface area contributed by atoms with Gasteiger partial charge < -0.3 is 10.8 Å². The molecule has 3 N–H and O–H groups in total. The molecular formula is C11H12ClF2NO2. The van der Waals surface area contributed by atoms with Gasteiger partial charge >= 0.3 is 5.97 Å². The van der Waals surface area contributed by atoms with Crippen molar-refractivity contribution in [1.29, 1.82) is 0 Å². The van der Waals surface area contributed by atoms with Crippen molar-refractivity contribution in [3.05, 3.63) is 34.3 Å². The molecule has 0 amide bonds. The molecule has 94 valence electrons. The Morgan fingerprint density at radius 1 is 1.59 bits per heavy atom. The summed E-state index contributed by atoms with van der Waals surface area (Å²) in [6.07, 6.45) is 0. The molecule has 0 aliphatic heterocycles. The van der Waals surface area contributed by atoms with Gasteiger partial charge in [0.2, 0.25) is 0 Å². The van der Waals surface area contributed by atoms with Gasteiger partial charge in [0.15, 0.2) is 0 Å². The first-order valence-electron chi connectivity index (χ1n) is 4.88. The monoisotopic (exact) mass is 263 g/mol. The zero-order chi connectivity index (χ0) is 13.2. The first-order valence-corrected chi connectivity index (χ1v) is 5.26. The number of rotatable bonds is 4. The van der Waals surface area contributed by atoms with Crippen molar-refractivity contribution in [2.24, 2.45) is 5.73 Å². The fourth-order valence-electron chi connectivity index (χ4n) is 1.66. The molecular weight excluding hydrogens is 252 g/mol. The highest BCUT2D eigenvalue weighted by Crippen LogP contribution is 2.38. The average Bonchev–Trinajstić information content (AvgIpc) is 2.15. The number of hydrogen-bond donors (Lipinski definition) is 2. The molecule has 0 saturated carbocycles. The maximum absolute atomic E-state index is 13.4. The summed E-state index contributed by atoms with van der Waals surface area (Å²) in [7, 11) is 0. The molecule has 0 aliphatic carbocycles. The molecule has 0 fully saturated rings. The third-order valence-corrected chi connectivity index (χ3v) is 2.71. The Morgan fingerprint density at radius 2 is 2.18 bits per heavy atom. The molecule has 0 heterocycles. The van der Waals surface area contributed by atoms with Crippen molar-refractivity contribution >= 4 is 17.6 Å². The molecule has 0 radical (unpaired) electrons. The molecule has 6 heteroatoms. The lowest BCUT2D eigenvalue weighted by Gasteiger charge is -2.20. The number of carbonyl (C=O) groups is 1. The predicted molar refractivity (Wildman–Crippen MR) is 60.5 cm³/mol. The minimum absolute atomic E-state index is 0.0417. The Kier molecular flexibility index (Phi) is 4.06. The van der Waals surface area contributed by atoms with Crippen LogP contribution >= 0.6 is 11.6 Å². The smallest absolute Gasteiger partial charge is 0.312 e. The van der Waals surface area contributed by atoms with Gasteiger partial charge in [-0.2, -0.15) is 0 Å². The van der Waals surface area contributed by atoms with Gasteiger partial charge in [-0.25, -0.2) is 8.78 Å². The number of aliphatic carboxylic acids is 1. The topological polar surface area (TPSA) is 63.3 Å². The molecule has 0 bridgehead atoms. The average molecular weight is 264 g/mol. The van der Waals surface area contributed by atoms with Crippen molar-refractivity contribution in [1.82, 2.24) is 0 Å². The van der Waals surface area contributed by atoms with Crippen molar-refractivity contribution in [2.75, 3.05) is 6.54 Å². The van der Waals surface area contributed by atoms with Crippen LogP contribution in [0.5, 0.6) is 0 Å². The third kappa shape index (κ3) is 2.92. The molecule has 1 aromatic carbocycles. The Balaban J connectivity index is 3.43. The molecule has 3 nitrogen and oxygen atoms in total. The largest absolute Gasteiger partial charge is 0.481 e. The molecule has 0 saturated heterocycles. The summed E-state index contributed by atoms with van der Waals surface area (Å²) < 4.78 is 26.8. The van der Waals surface area contributed by atoms with Crippen LogP contribution in [0.15, 0.2) is 18.2 Å². The lowest BCUT2D eigenvalue weighted by Crippen LogP contribution is -2.25. The molecule has 1 aromatic rings. The number of benzene rings is 1. The van der Waals surface area contributed by atoms with Crippen LogP contribution in [0.2, 0.25) is 5.02 Å². The lowest BCUT2D eigenvalue weighted by molar-refractivity contribution is -0.138. The highest BCUT2D eigenvalue weighted by Gasteiger charge is 2.34. The van der Waals surface area contributed by atoms with Crippen LogP contribution in [0.25, 0.3) is 0 Å². The predicted octanol–water partition coefficient (Wildman–Crippen LogP) is 2.58. The van der Waals surface area contributed by atoms with Crippen LogP contribution in [0.4, 0.5) is 8.78 Å². The van der Waals surface area contributed by atoms with E-state index < -0.39 is 23.4 Å². The van der Waals surface area contributed by atoms with Gasteiger partial charge in [0.05, 0.1) is 10.9 Å². The van der Waals surface area contributed by atoms with E-state index >= 15 is 0 Å². The molecule has 1 unspecified atom stereocenters. The maximum Gasteiger partial charge on any atom is 0.312 e. The third-order valence-electron chi connectivity index (χ3n) is 2.39. The normalized spacial score (nSPS) is 13.5. The second-order valence-corrected chi connectivity index (χ2v) is 4.13. The number of halogens is 3. The van der Waals surface area contributed by atoms with Crippen LogP contribution in [-0.2, 0) is 10.7 Å². The number of nitrogens with two attached hydrogens (primary N) is 1. The summed E-state index contributed by atoms with van der Waals surface area (Å²) in [5.41, 5.74) is 4.78. The Morgan fingerprint density at radius 3 is 2.59 bits per heavy atom. The van der Waals surface area contributed by atoms with E-state index in [9.17, 15) is 13.6 Å². The maximum atomic E-state index is 13.4. The Hall–Kier alpha value is -1.20. The van der Waals surface area contributed by atoms with Gasteiger partial charge in [0.25, 0.3) is 5.92 Å². The van der Waals surface area contributed by atoms with E-state index in [1.54, 1.807) is 0 Å². The van der Waals surface area contributed by atoms with Gasteiger partial charge in [0.1, 0.15) is 0 Å². The standard InChI is InChI=1S/C11H12ClF2NO2/c1-11(13,14)9-6(3-2-4-8(9)12)7(5-15)10(16)17/h2-4,7H,5,15H2,1H3,(H,16,17). The number of carboxylic acid groups (broad SMARTS) is 1. The van der Waals surface area contributed by atoms with Crippen molar-refractivity contribution in [3.63, 3.8) is 0 Å². The lowest BCUT2D eigenvalue weighted by atomic mass is 9.91. The summed E-state index contributed by atoms with van der Waals surface area (Å²) in [6, 6.07) is 4.04. The van der Waals surface area contributed by atoms with E-state index in [0.717, 1.165) is 0 Å². The van der Waals surface area contributed by atoms with E-state index in [4.69, 9.17) is 22.4 Å². The van der Waals surface area contributed by atoms with Gasteiger partial charge in [-0.3, -0.25) is 4.79 Å².